The van der Waals surface area contributed by atoms with Crippen molar-refractivity contribution in [1.82, 2.24) is 0 Å². The Morgan fingerprint density at radius 2 is 1.71 bits per heavy atom. The Morgan fingerprint density at radius 3 is 2.29 bits per heavy atom. The van der Waals surface area contributed by atoms with Gasteiger partial charge in [0.15, 0.2) is 5.75 Å². The van der Waals surface area contributed by atoms with Crippen molar-refractivity contribution in [2.24, 2.45) is 5.10 Å². The molecular weight excluding hydrogens is 593 g/mol. The Hall–Kier alpha value is -3.22. The molecule has 2 unspecified atom stereocenters. The van der Waals surface area contributed by atoms with Gasteiger partial charge in [0, 0.05) is 48.9 Å². The summed E-state index contributed by atoms with van der Waals surface area (Å²) < 4.78 is 32.9. The van der Waals surface area contributed by atoms with E-state index in [1.54, 1.807) is 10.5 Å². The fourth-order valence-electron chi connectivity index (χ4n) is 4.89. The number of nitrogens with zero attached hydrogens (tertiary/aromatic N) is 3. The van der Waals surface area contributed by atoms with Gasteiger partial charge in [-0.3, -0.25) is 10.1 Å². The van der Waals surface area contributed by atoms with E-state index in [4.69, 9.17) is 52.0 Å². The van der Waals surface area contributed by atoms with Crippen LogP contribution in [0, 0.1) is 17.0 Å². The third-order valence-corrected chi connectivity index (χ3v) is 8.65. The molecule has 216 valence electrons. The summed E-state index contributed by atoms with van der Waals surface area (Å²) in [5.41, 5.74) is 2.79. The molecule has 0 saturated carbocycles. The summed E-state index contributed by atoms with van der Waals surface area (Å²) in [6, 6.07) is 13.5. The van der Waals surface area contributed by atoms with Gasteiger partial charge in [0.25, 0.3) is 11.5 Å². The number of nitro benzene ring substituents is 1. The molecule has 0 bridgehead atoms. The molecule has 0 saturated heterocycles. The van der Waals surface area contributed by atoms with Gasteiger partial charge >= 0.3 is 0 Å². The van der Waals surface area contributed by atoms with E-state index in [2.05, 4.69) is 0 Å². The molecule has 0 aromatic heterocycles. The highest BCUT2D eigenvalue weighted by Crippen LogP contribution is 2.62. The second-order valence-corrected chi connectivity index (χ2v) is 11.0. The summed E-state index contributed by atoms with van der Waals surface area (Å²) >= 11 is 14.6. The third kappa shape index (κ3) is 4.56. The minimum absolute atomic E-state index is 0.125. The molecule has 3 aromatic rings. The normalized spacial score (nSPS) is 21.0. The molecule has 10 nitrogen and oxygen atoms in total. The van der Waals surface area contributed by atoms with Crippen LogP contribution in [0.5, 0.6) is 17.2 Å². The van der Waals surface area contributed by atoms with Gasteiger partial charge in [-0.2, -0.15) is 5.10 Å². The Balaban J connectivity index is 1.85. The summed E-state index contributed by atoms with van der Waals surface area (Å²) in [6.45, 7) is 6.18. The van der Waals surface area contributed by atoms with Crippen molar-refractivity contribution in [2.75, 3.05) is 31.8 Å². The number of rotatable bonds is 9. The first-order chi connectivity index (χ1) is 19.7. The highest BCUT2D eigenvalue weighted by atomic mass is 35.5. The first-order valence-electron chi connectivity index (χ1n) is 12.7. The molecule has 0 spiro atoms. The summed E-state index contributed by atoms with van der Waals surface area (Å²) in [6.07, 6.45) is 0. The topological polar surface area (TPSA) is 105 Å². The number of ether oxygens (including phenoxy) is 5. The summed E-state index contributed by atoms with van der Waals surface area (Å²) in [5, 5.41) is 16.7. The minimum atomic E-state index is -1.61. The van der Waals surface area contributed by atoms with Crippen LogP contribution in [0.15, 0.2) is 53.6 Å². The van der Waals surface area contributed by atoms with Crippen LogP contribution >= 0.6 is 35.1 Å². The maximum absolute atomic E-state index is 11.4. The van der Waals surface area contributed by atoms with E-state index >= 15 is 0 Å². The van der Waals surface area contributed by atoms with Crippen molar-refractivity contribution in [2.45, 2.75) is 31.5 Å². The standard InChI is InChI=1S/C28H27Cl2N3O7S/c1-6-38-27(17-10-8-16(3)9-11-17)28(39-7-2)26(23-21(36-4)15-22(37-5)24(30)25(23)40-27)31-32(41-28)20-13-12-18(33(34)35)14-19(20)29/h8-15H,6-7H2,1-5H3. The highest BCUT2D eigenvalue weighted by molar-refractivity contribution is 8.03. The number of aryl methyl sites for hydroxylation is 1. The average molecular weight is 621 g/mol. The Kier molecular flexibility index (Phi) is 8.01. The SMILES string of the molecule is CCOC12SN(c3ccc([N+](=O)[O-])cc3Cl)N=C1c1c(OC)cc(OC)c(Cl)c1OC2(OCC)c1ccc(C)cc1. The fourth-order valence-corrected chi connectivity index (χ4v) is 6.83. The molecule has 41 heavy (non-hydrogen) atoms. The molecule has 2 atom stereocenters. The molecule has 0 amide bonds. The number of benzene rings is 3. The number of halogens is 2. The van der Waals surface area contributed by atoms with Gasteiger partial charge in [0.1, 0.15) is 22.2 Å². The van der Waals surface area contributed by atoms with Crippen LogP contribution in [0.4, 0.5) is 11.4 Å². The van der Waals surface area contributed by atoms with Crippen molar-refractivity contribution < 1.29 is 28.6 Å². The predicted molar refractivity (Wildman–Crippen MR) is 159 cm³/mol. The van der Waals surface area contributed by atoms with Gasteiger partial charge in [0.05, 0.1) is 35.4 Å². The van der Waals surface area contributed by atoms with Crippen LogP contribution in [0.1, 0.15) is 30.5 Å². The van der Waals surface area contributed by atoms with Crippen molar-refractivity contribution >= 4 is 52.2 Å². The molecule has 0 radical (unpaired) electrons. The third-order valence-electron chi connectivity index (χ3n) is 6.70. The maximum atomic E-state index is 11.4. The number of fused-ring (bicyclic) bond motifs is 3. The lowest BCUT2D eigenvalue weighted by atomic mass is 9.87. The lowest BCUT2D eigenvalue weighted by molar-refractivity contribution is -0.384. The summed E-state index contributed by atoms with van der Waals surface area (Å²) in [4.78, 5) is 9.41. The van der Waals surface area contributed by atoms with Gasteiger partial charge in [-0.15, -0.1) is 0 Å². The van der Waals surface area contributed by atoms with E-state index in [1.165, 1.54) is 44.4 Å². The zero-order valence-corrected chi connectivity index (χ0v) is 25.2. The molecule has 5 rings (SSSR count). The van der Waals surface area contributed by atoms with E-state index in [0.29, 0.717) is 34.0 Å². The van der Waals surface area contributed by atoms with Gasteiger partial charge in [0.2, 0.25) is 4.93 Å². The first-order valence-corrected chi connectivity index (χ1v) is 14.2. The predicted octanol–water partition coefficient (Wildman–Crippen LogP) is 7.11. The zero-order chi connectivity index (χ0) is 29.5. The fraction of sp³-hybridized carbons (Fsp3) is 0.321. The van der Waals surface area contributed by atoms with Crippen LogP contribution in [0.25, 0.3) is 0 Å². The second-order valence-electron chi connectivity index (χ2n) is 9.07. The lowest BCUT2D eigenvalue weighted by Gasteiger charge is -2.49. The van der Waals surface area contributed by atoms with Gasteiger partial charge in [-0.25, -0.2) is 4.41 Å². The molecule has 3 aromatic carbocycles. The van der Waals surface area contributed by atoms with Crippen LogP contribution in [-0.2, 0) is 15.3 Å². The monoisotopic (exact) mass is 619 g/mol. The van der Waals surface area contributed by atoms with E-state index in [1.807, 2.05) is 45.0 Å². The quantitative estimate of drug-likeness (QED) is 0.141. The van der Waals surface area contributed by atoms with Gasteiger partial charge in [-0.05, 0) is 26.8 Å². The van der Waals surface area contributed by atoms with Crippen LogP contribution in [-0.4, -0.2) is 43.0 Å². The summed E-state index contributed by atoms with van der Waals surface area (Å²) in [7, 11) is 3.01. The zero-order valence-electron chi connectivity index (χ0n) is 22.9. The second kappa shape index (κ2) is 11.2. The van der Waals surface area contributed by atoms with Crippen LogP contribution in [0.3, 0.4) is 0 Å². The first kappa shape index (κ1) is 29.3. The maximum Gasteiger partial charge on any atom is 0.284 e. The smallest absolute Gasteiger partial charge is 0.284 e. The number of anilines is 1. The molecule has 0 aliphatic carbocycles. The number of hydrogen-bond acceptors (Lipinski definition) is 10. The van der Waals surface area contributed by atoms with E-state index in [-0.39, 0.29) is 34.7 Å². The highest BCUT2D eigenvalue weighted by Gasteiger charge is 2.69. The average Bonchev–Trinajstić information content (AvgIpc) is 3.34. The van der Waals surface area contributed by atoms with Crippen molar-refractivity contribution in [3.05, 3.63) is 85.4 Å². The number of hydrazone groups is 1. The van der Waals surface area contributed by atoms with Crippen molar-refractivity contribution in [3.63, 3.8) is 0 Å². The summed E-state index contributed by atoms with van der Waals surface area (Å²) in [5.74, 6) is -0.647. The molecular formula is C28H27Cl2N3O7S. The number of non-ortho nitro benzene ring substituents is 1. The Labute approximate surface area is 251 Å². The van der Waals surface area contributed by atoms with Crippen LogP contribution in [0.2, 0.25) is 10.0 Å². The number of methoxy groups -OCH3 is 2. The number of nitro groups is 1. The molecule has 13 heteroatoms. The van der Waals surface area contributed by atoms with Crippen molar-refractivity contribution in [1.29, 1.82) is 0 Å². The van der Waals surface area contributed by atoms with E-state index < -0.39 is 15.6 Å². The van der Waals surface area contributed by atoms with Gasteiger partial charge in [-0.1, -0.05) is 53.0 Å². The lowest BCUT2D eigenvalue weighted by Crippen LogP contribution is -2.63. The molecule has 0 N–H and O–H groups in total. The molecule has 0 fully saturated rings. The van der Waals surface area contributed by atoms with E-state index in [9.17, 15) is 10.1 Å². The van der Waals surface area contributed by atoms with Gasteiger partial charge < -0.3 is 23.7 Å². The number of hydrogen-bond donors (Lipinski definition) is 0. The molecule has 2 aliphatic rings. The Morgan fingerprint density at radius 1 is 1.02 bits per heavy atom. The van der Waals surface area contributed by atoms with Crippen molar-refractivity contribution in [3.8, 4) is 17.2 Å². The minimum Gasteiger partial charge on any atom is -0.496 e. The largest absolute Gasteiger partial charge is 0.496 e. The molecule has 2 aliphatic heterocycles. The van der Waals surface area contributed by atoms with Crippen LogP contribution < -0.4 is 18.6 Å². The Bertz CT molecular complexity index is 1540. The molecule has 2 heterocycles. The van der Waals surface area contributed by atoms with E-state index in [0.717, 1.165) is 5.56 Å².